The summed E-state index contributed by atoms with van der Waals surface area (Å²) in [5, 5.41) is 2.93. The van der Waals surface area contributed by atoms with E-state index in [1.54, 1.807) is 20.3 Å². The molecule has 1 amide bonds. The Hall–Kier alpha value is -2.69. The second kappa shape index (κ2) is 7.73. The standard InChI is InChI=1S/C19H24N2O3/c1-13-9-18(24-5)15(11-17(13)23-4)12-20-19(22)14-7-6-8-16(10-14)21(2)3/h6-11H,12H2,1-5H3,(H,20,22). The summed E-state index contributed by atoms with van der Waals surface area (Å²) in [6.07, 6.45) is 0. The number of aryl methyl sites for hydroxylation is 1. The molecular weight excluding hydrogens is 304 g/mol. The second-order valence-electron chi connectivity index (χ2n) is 5.76. The molecule has 0 radical (unpaired) electrons. The van der Waals surface area contributed by atoms with Crippen LogP contribution in [0.25, 0.3) is 0 Å². The zero-order valence-corrected chi connectivity index (χ0v) is 14.8. The molecule has 0 fully saturated rings. The molecule has 0 atom stereocenters. The van der Waals surface area contributed by atoms with Gasteiger partial charge in [-0.15, -0.1) is 0 Å². The van der Waals surface area contributed by atoms with E-state index in [1.165, 1.54) is 0 Å². The topological polar surface area (TPSA) is 50.8 Å². The van der Waals surface area contributed by atoms with Crippen LogP contribution in [-0.4, -0.2) is 34.2 Å². The molecule has 0 bridgehead atoms. The first-order chi connectivity index (χ1) is 11.5. The van der Waals surface area contributed by atoms with Crippen LogP contribution in [0.1, 0.15) is 21.5 Å². The summed E-state index contributed by atoms with van der Waals surface area (Å²) in [6, 6.07) is 11.3. The van der Waals surface area contributed by atoms with Crippen molar-refractivity contribution < 1.29 is 14.3 Å². The smallest absolute Gasteiger partial charge is 0.251 e. The predicted molar refractivity (Wildman–Crippen MR) is 96.2 cm³/mol. The molecule has 0 aliphatic carbocycles. The van der Waals surface area contributed by atoms with Gasteiger partial charge >= 0.3 is 0 Å². The summed E-state index contributed by atoms with van der Waals surface area (Å²) in [5.41, 5.74) is 3.47. The first-order valence-corrected chi connectivity index (χ1v) is 7.73. The molecule has 1 N–H and O–H groups in total. The normalized spacial score (nSPS) is 10.2. The van der Waals surface area contributed by atoms with Crippen molar-refractivity contribution in [3.63, 3.8) is 0 Å². The number of carbonyl (C=O) groups is 1. The number of ether oxygens (including phenoxy) is 2. The van der Waals surface area contributed by atoms with E-state index in [0.717, 1.165) is 28.3 Å². The second-order valence-corrected chi connectivity index (χ2v) is 5.76. The first kappa shape index (κ1) is 17.7. The van der Waals surface area contributed by atoms with Crippen molar-refractivity contribution in [1.29, 1.82) is 0 Å². The van der Waals surface area contributed by atoms with Gasteiger partial charge in [0.15, 0.2) is 0 Å². The molecule has 128 valence electrons. The number of benzene rings is 2. The maximum Gasteiger partial charge on any atom is 0.251 e. The minimum atomic E-state index is -0.125. The van der Waals surface area contributed by atoms with Crippen LogP contribution in [0.4, 0.5) is 5.69 Å². The highest BCUT2D eigenvalue weighted by Crippen LogP contribution is 2.28. The van der Waals surface area contributed by atoms with Crippen LogP contribution < -0.4 is 19.7 Å². The van der Waals surface area contributed by atoms with E-state index in [9.17, 15) is 4.79 Å². The zero-order valence-electron chi connectivity index (χ0n) is 14.8. The van der Waals surface area contributed by atoms with Crippen molar-refractivity contribution in [3.8, 4) is 11.5 Å². The number of hydrogen-bond acceptors (Lipinski definition) is 4. The quantitative estimate of drug-likeness (QED) is 0.886. The van der Waals surface area contributed by atoms with Gasteiger partial charge in [-0.3, -0.25) is 4.79 Å². The molecule has 0 heterocycles. The van der Waals surface area contributed by atoms with Crippen LogP contribution >= 0.6 is 0 Å². The van der Waals surface area contributed by atoms with Crippen LogP contribution in [0.2, 0.25) is 0 Å². The van der Waals surface area contributed by atoms with Crippen LogP contribution in [0.3, 0.4) is 0 Å². The number of nitrogens with zero attached hydrogens (tertiary/aromatic N) is 1. The summed E-state index contributed by atoms with van der Waals surface area (Å²) >= 11 is 0. The van der Waals surface area contributed by atoms with Gasteiger partial charge in [0.2, 0.25) is 0 Å². The molecule has 2 aromatic rings. The van der Waals surface area contributed by atoms with Crippen LogP contribution in [0.15, 0.2) is 36.4 Å². The molecule has 5 nitrogen and oxygen atoms in total. The van der Waals surface area contributed by atoms with Gasteiger partial charge in [-0.25, -0.2) is 0 Å². The van der Waals surface area contributed by atoms with E-state index in [4.69, 9.17) is 9.47 Å². The molecular formula is C19H24N2O3. The van der Waals surface area contributed by atoms with E-state index in [1.807, 2.05) is 56.3 Å². The molecule has 2 aromatic carbocycles. The Bertz CT molecular complexity index is 727. The van der Waals surface area contributed by atoms with E-state index in [2.05, 4.69) is 5.32 Å². The van der Waals surface area contributed by atoms with Crippen LogP contribution in [-0.2, 0) is 6.54 Å². The molecule has 0 aliphatic rings. The minimum absolute atomic E-state index is 0.125. The van der Waals surface area contributed by atoms with Crippen molar-refractivity contribution in [3.05, 3.63) is 53.1 Å². The average molecular weight is 328 g/mol. The van der Waals surface area contributed by atoms with E-state index in [-0.39, 0.29) is 5.91 Å². The SMILES string of the molecule is COc1cc(CNC(=O)c2cccc(N(C)C)c2)c(OC)cc1C. The molecule has 0 aliphatic heterocycles. The third kappa shape index (κ3) is 3.98. The highest BCUT2D eigenvalue weighted by atomic mass is 16.5. The molecule has 2 rings (SSSR count). The molecule has 0 aromatic heterocycles. The fourth-order valence-corrected chi connectivity index (χ4v) is 2.45. The lowest BCUT2D eigenvalue weighted by atomic mass is 10.1. The minimum Gasteiger partial charge on any atom is -0.496 e. The summed E-state index contributed by atoms with van der Waals surface area (Å²) in [7, 11) is 7.14. The Morgan fingerprint density at radius 2 is 1.79 bits per heavy atom. The zero-order chi connectivity index (χ0) is 17.7. The van der Waals surface area contributed by atoms with Gasteiger partial charge in [-0.05, 0) is 42.8 Å². The Kier molecular flexibility index (Phi) is 5.68. The number of amides is 1. The van der Waals surface area contributed by atoms with Crippen molar-refractivity contribution in [2.24, 2.45) is 0 Å². The number of nitrogens with one attached hydrogen (secondary N) is 1. The molecule has 5 heteroatoms. The van der Waals surface area contributed by atoms with Crippen molar-refractivity contribution in [2.75, 3.05) is 33.2 Å². The fourth-order valence-electron chi connectivity index (χ4n) is 2.45. The van der Waals surface area contributed by atoms with Crippen LogP contribution in [0.5, 0.6) is 11.5 Å². The maximum absolute atomic E-state index is 12.4. The van der Waals surface area contributed by atoms with Gasteiger partial charge in [-0.1, -0.05) is 6.07 Å². The number of carbonyl (C=O) groups excluding carboxylic acids is 1. The van der Waals surface area contributed by atoms with Gasteiger partial charge in [-0.2, -0.15) is 0 Å². The van der Waals surface area contributed by atoms with Crippen molar-refractivity contribution >= 4 is 11.6 Å². The van der Waals surface area contributed by atoms with Crippen LogP contribution in [0, 0.1) is 6.92 Å². The molecule has 0 unspecified atom stereocenters. The molecule has 0 spiro atoms. The number of rotatable bonds is 6. The summed E-state index contributed by atoms with van der Waals surface area (Å²) in [6.45, 7) is 2.32. The van der Waals surface area contributed by atoms with Crippen molar-refractivity contribution in [1.82, 2.24) is 5.32 Å². The van der Waals surface area contributed by atoms with Gasteiger partial charge in [0.25, 0.3) is 5.91 Å². The average Bonchev–Trinajstić information content (AvgIpc) is 2.60. The Balaban J connectivity index is 2.15. The maximum atomic E-state index is 12.4. The molecule has 24 heavy (non-hydrogen) atoms. The van der Waals surface area contributed by atoms with E-state index < -0.39 is 0 Å². The van der Waals surface area contributed by atoms with Gasteiger partial charge in [0.05, 0.1) is 14.2 Å². The Morgan fingerprint density at radius 3 is 2.42 bits per heavy atom. The van der Waals surface area contributed by atoms with Gasteiger partial charge in [0, 0.05) is 37.5 Å². The summed E-state index contributed by atoms with van der Waals surface area (Å²) in [4.78, 5) is 14.4. The molecule has 0 saturated carbocycles. The Labute approximate surface area is 143 Å². The lowest BCUT2D eigenvalue weighted by Crippen LogP contribution is -2.23. The number of anilines is 1. The predicted octanol–water partition coefficient (Wildman–Crippen LogP) is 3.01. The number of methoxy groups -OCH3 is 2. The summed E-state index contributed by atoms with van der Waals surface area (Å²) in [5.74, 6) is 1.38. The highest BCUT2D eigenvalue weighted by Gasteiger charge is 2.11. The number of hydrogen-bond donors (Lipinski definition) is 1. The largest absolute Gasteiger partial charge is 0.496 e. The first-order valence-electron chi connectivity index (χ1n) is 7.73. The molecule has 0 saturated heterocycles. The van der Waals surface area contributed by atoms with Crippen molar-refractivity contribution in [2.45, 2.75) is 13.5 Å². The third-order valence-corrected chi connectivity index (χ3v) is 3.86. The summed E-state index contributed by atoms with van der Waals surface area (Å²) < 4.78 is 10.7. The fraction of sp³-hybridized carbons (Fsp3) is 0.316. The lowest BCUT2D eigenvalue weighted by Gasteiger charge is -2.15. The lowest BCUT2D eigenvalue weighted by molar-refractivity contribution is 0.0950. The van der Waals surface area contributed by atoms with Gasteiger partial charge < -0.3 is 19.7 Å². The monoisotopic (exact) mass is 328 g/mol. The van der Waals surface area contributed by atoms with Gasteiger partial charge in [0.1, 0.15) is 11.5 Å². The van der Waals surface area contributed by atoms with E-state index >= 15 is 0 Å². The Morgan fingerprint density at radius 1 is 1.08 bits per heavy atom. The van der Waals surface area contributed by atoms with E-state index in [0.29, 0.717) is 12.1 Å². The third-order valence-electron chi connectivity index (χ3n) is 3.86. The highest BCUT2D eigenvalue weighted by molar-refractivity contribution is 5.95.